The number of carbonyl (C=O) groups excluding carboxylic acids is 2. The fraction of sp³-hybridized carbons (Fsp3) is 0.750. The molecule has 0 amide bonds. The summed E-state index contributed by atoms with van der Waals surface area (Å²) in [6, 6.07) is 0. The zero-order valence-corrected chi connectivity index (χ0v) is 9.73. The van der Waals surface area contributed by atoms with Crippen LogP contribution in [0.3, 0.4) is 0 Å². The van der Waals surface area contributed by atoms with E-state index in [2.05, 4.69) is 0 Å². The van der Waals surface area contributed by atoms with Crippen LogP contribution in [0, 0.1) is 0 Å². The summed E-state index contributed by atoms with van der Waals surface area (Å²) in [5.41, 5.74) is 0. The molecule has 1 fully saturated rings. The van der Waals surface area contributed by atoms with Crippen molar-refractivity contribution in [1.82, 2.24) is 0 Å². The van der Waals surface area contributed by atoms with Gasteiger partial charge in [-0.25, -0.2) is 0 Å². The Morgan fingerprint density at radius 1 is 0.800 bits per heavy atom. The van der Waals surface area contributed by atoms with Gasteiger partial charge in [0.15, 0.2) is 0 Å². The molecule has 1 saturated heterocycles. The van der Waals surface area contributed by atoms with Gasteiger partial charge in [-0.15, -0.1) is 0 Å². The minimum Gasteiger partial charge on any atom is -0.463 e. The van der Waals surface area contributed by atoms with E-state index in [9.17, 15) is 9.59 Å². The van der Waals surface area contributed by atoms with Crippen molar-refractivity contribution < 1.29 is 23.8 Å². The lowest BCUT2D eigenvalue weighted by Crippen LogP contribution is -2.14. The molecule has 0 atom stereocenters. The van der Waals surface area contributed by atoms with Crippen molar-refractivity contribution in [3.63, 3.8) is 0 Å². The Kier molecular flexibility index (Phi) is 6.62. The van der Waals surface area contributed by atoms with Gasteiger partial charge in [0.25, 0.3) is 0 Å². The van der Waals surface area contributed by atoms with E-state index in [1.165, 1.54) is 21.6 Å². The van der Waals surface area contributed by atoms with Gasteiger partial charge in [0.2, 0.25) is 0 Å². The molecule has 0 aliphatic carbocycles. The number of ether oxygens (including phenoxy) is 3. The third kappa shape index (κ3) is 6.64. The van der Waals surface area contributed by atoms with Crippen molar-refractivity contribution in [2.75, 3.05) is 37.9 Å². The summed E-state index contributed by atoms with van der Waals surface area (Å²) in [4.78, 5) is 22.1. The van der Waals surface area contributed by atoms with E-state index in [1.54, 1.807) is 0 Å². The molecule has 1 aliphatic heterocycles. The largest absolute Gasteiger partial charge is 0.463 e. The molecular weight excluding hydrogens is 240 g/mol. The Morgan fingerprint density at radius 2 is 1.27 bits per heavy atom. The van der Waals surface area contributed by atoms with Gasteiger partial charge in [-0.05, 0) is 0 Å². The van der Waals surface area contributed by atoms with Crippen molar-refractivity contribution in [3.05, 3.63) is 0 Å². The average molecular weight is 252 g/mol. The highest BCUT2D eigenvalue weighted by Crippen LogP contribution is 2.21. The van der Waals surface area contributed by atoms with Crippen LogP contribution in [0.1, 0.15) is 0 Å². The van der Waals surface area contributed by atoms with Crippen LogP contribution >= 0.6 is 21.6 Å². The molecule has 5 nitrogen and oxygen atoms in total. The standard InChI is InChI=1S/C8H12O5S2/c9-7-5-14-15-6-8(10)13-4-2-11-1-3-12-7/h1-6H2. The van der Waals surface area contributed by atoms with Crippen LogP contribution < -0.4 is 0 Å². The third-order valence-electron chi connectivity index (χ3n) is 1.42. The van der Waals surface area contributed by atoms with Crippen LogP contribution in [0.5, 0.6) is 0 Å². The lowest BCUT2D eigenvalue weighted by atomic mass is 10.7. The first kappa shape index (κ1) is 12.7. The van der Waals surface area contributed by atoms with Gasteiger partial charge in [0.05, 0.1) is 13.2 Å². The van der Waals surface area contributed by atoms with Crippen molar-refractivity contribution in [3.8, 4) is 0 Å². The molecule has 0 spiro atoms. The van der Waals surface area contributed by atoms with E-state index < -0.39 is 0 Å². The van der Waals surface area contributed by atoms with Crippen LogP contribution in [-0.2, 0) is 23.8 Å². The maximum absolute atomic E-state index is 11.0. The zero-order valence-electron chi connectivity index (χ0n) is 8.10. The molecule has 0 saturated carbocycles. The van der Waals surface area contributed by atoms with E-state index in [-0.39, 0.29) is 36.7 Å². The maximum atomic E-state index is 11.0. The quantitative estimate of drug-likeness (QED) is 0.459. The molecule has 86 valence electrons. The van der Waals surface area contributed by atoms with Gasteiger partial charge in [-0.3, -0.25) is 9.59 Å². The molecule has 1 rings (SSSR count). The summed E-state index contributed by atoms with van der Waals surface area (Å²) in [5, 5.41) is 0. The summed E-state index contributed by atoms with van der Waals surface area (Å²) in [7, 11) is 2.57. The number of hydrogen-bond donors (Lipinski definition) is 0. The summed E-state index contributed by atoms with van der Waals surface area (Å²) in [6.45, 7) is 1.16. The molecule has 0 aromatic carbocycles. The predicted octanol–water partition coefficient (Wildman–Crippen LogP) is 0.484. The molecule has 0 aromatic heterocycles. The Bertz CT molecular complexity index is 199. The van der Waals surface area contributed by atoms with Crippen LogP contribution in [0.15, 0.2) is 0 Å². The molecule has 0 unspecified atom stereocenters. The van der Waals surface area contributed by atoms with E-state index in [4.69, 9.17) is 14.2 Å². The predicted molar refractivity (Wildman–Crippen MR) is 57.7 cm³/mol. The first-order valence-corrected chi connectivity index (χ1v) is 6.91. The fourth-order valence-electron chi connectivity index (χ4n) is 0.794. The summed E-state index contributed by atoms with van der Waals surface area (Å²) in [5.74, 6) is -0.108. The van der Waals surface area contributed by atoms with Crippen LogP contribution in [-0.4, -0.2) is 49.9 Å². The maximum Gasteiger partial charge on any atom is 0.316 e. The Hall–Kier alpha value is -0.400. The minimum absolute atomic E-state index is 0.234. The number of hydrogen-bond acceptors (Lipinski definition) is 7. The number of cyclic esters (lactones) is 2. The highest BCUT2D eigenvalue weighted by atomic mass is 33.1. The highest BCUT2D eigenvalue weighted by Gasteiger charge is 2.08. The average Bonchev–Trinajstić information content (AvgIpc) is 2.23. The van der Waals surface area contributed by atoms with Crippen LogP contribution in [0.4, 0.5) is 0 Å². The fourth-order valence-corrected chi connectivity index (χ4v) is 2.40. The molecule has 0 N–H and O–H groups in total. The Balaban J connectivity index is 2.27. The SMILES string of the molecule is O=C1CSSCC(=O)OCCOCCO1. The minimum atomic E-state index is -0.288. The monoisotopic (exact) mass is 252 g/mol. The zero-order chi connectivity index (χ0) is 10.9. The van der Waals surface area contributed by atoms with E-state index in [0.717, 1.165) is 0 Å². The van der Waals surface area contributed by atoms with Gasteiger partial charge in [-0.1, -0.05) is 21.6 Å². The number of carbonyl (C=O) groups is 2. The molecular formula is C8H12O5S2. The van der Waals surface area contributed by atoms with Crippen molar-refractivity contribution in [2.24, 2.45) is 0 Å². The third-order valence-corrected chi connectivity index (χ3v) is 3.50. The topological polar surface area (TPSA) is 61.8 Å². The Morgan fingerprint density at radius 3 is 1.73 bits per heavy atom. The van der Waals surface area contributed by atoms with Gasteiger partial charge < -0.3 is 14.2 Å². The first-order valence-electron chi connectivity index (χ1n) is 4.42. The summed E-state index contributed by atoms with van der Waals surface area (Å²) < 4.78 is 14.8. The molecule has 1 heterocycles. The summed E-state index contributed by atoms with van der Waals surface area (Å²) >= 11 is 0. The Labute approximate surface area is 95.6 Å². The smallest absolute Gasteiger partial charge is 0.316 e. The lowest BCUT2D eigenvalue weighted by molar-refractivity contribution is -0.143. The van der Waals surface area contributed by atoms with Gasteiger partial charge in [-0.2, -0.15) is 0 Å². The number of esters is 2. The van der Waals surface area contributed by atoms with Gasteiger partial charge in [0, 0.05) is 0 Å². The van der Waals surface area contributed by atoms with E-state index in [0.29, 0.717) is 13.2 Å². The van der Waals surface area contributed by atoms with Crippen molar-refractivity contribution in [2.45, 2.75) is 0 Å². The molecule has 0 radical (unpaired) electrons. The summed E-state index contributed by atoms with van der Waals surface area (Å²) in [6.07, 6.45) is 0. The molecule has 0 aromatic rings. The first-order chi connectivity index (χ1) is 7.29. The molecule has 1 aliphatic rings. The molecule has 0 bridgehead atoms. The van der Waals surface area contributed by atoms with Gasteiger partial charge in [0.1, 0.15) is 24.7 Å². The number of rotatable bonds is 0. The molecule has 7 heteroatoms. The van der Waals surface area contributed by atoms with Crippen molar-refractivity contribution >= 4 is 33.5 Å². The lowest BCUT2D eigenvalue weighted by Gasteiger charge is -2.04. The van der Waals surface area contributed by atoms with Gasteiger partial charge >= 0.3 is 11.9 Å². The second-order valence-corrected chi connectivity index (χ2v) is 5.04. The van der Waals surface area contributed by atoms with E-state index in [1.807, 2.05) is 0 Å². The van der Waals surface area contributed by atoms with Crippen LogP contribution in [0.2, 0.25) is 0 Å². The highest BCUT2D eigenvalue weighted by molar-refractivity contribution is 8.77. The van der Waals surface area contributed by atoms with E-state index >= 15 is 0 Å². The normalized spacial score (nSPS) is 21.6. The molecule has 15 heavy (non-hydrogen) atoms. The van der Waals surface area contributed by atoms with Crippen molar-refractivity contribution in [1.29, 1.82) is 0 Å². The second kappa shape index (κ2) is 7.84. The second-order valence-electron chi connectivity index (χ2n) is 2.58. The van der Waals surface area contributed by atoms with Crippen LogP contribution in [0.25, 0.3) is 0 Å².